The van der Waals surface area contributed by atoms with Gasteiger partial charge in [-0.05, 0) is 5.92 Å². The number of amides is 1. The Morgan fingerprint density at radius 1 is 1.64 bits per heavy atom. The third-order valence-corrected chi connectivity index (χ3v) is 1.19. The molecule has 0 radical (unpaired) electrons. The maximum Gasteiger partial charge on any atom is 0.220 e. The Labute approximate surface area is 68.4 Å². The monoisotopic (exact) mass is 153 g/mol. The first-order valence-electron chi connectivity index (χ1n) is 3.87. The zero-order valence-corrected chi connectivity index (χ0v) is 7.18. The predicted octanol–water partition coefficient (Wildman–Crippen LogP) is 1.17. The van der Waals surface area contributed by atoms with Crippen LogP contribution in [0.25, 0.3) is 0 Å². The lowest BCUT2D eigenvalue weighted by Crippen LogP contribution is -2.25. The molecule has 1 N–H and O–H groups in total. The van der Waals surface area contributed by atoms with Crippen molar-refractivity contribution in [2.75, 3.05) is 6.54 Å². The summed E-state index contributed by atoms with van der Waals surface area (Å²) >= 11 is 0. The van der Waals surface area contributed by atoms with Crippen molar-refractivity contribution < 1.29 is 4.79 Å². The highest BCUT2D eigenvalue weighted by Gasteiger charge is 2.02. The zero-order chi connectivity index (χ0) is 8.69. The van der Waals surface area contributed by atoms with Gasteiger partial charge in [-0.3, -0.25) is 4.79 Å². The summed E-state index contributed by atoms with van der Waals surface area (Å²) in [7, 11) is 0. The molecule has 0 aromatic carbocycles. The SMILES string of the molecule is C#CCCNC(=O)CC(C)C. The van der Waals surface area contributed by atoms with Crippen LogP contribution in [0.1, 0.15) is 26.7 Å². The molecule has 0 atom stereocenters. The van der Waals surface area contributed by atoms with Crippen molar-refractivity contribution in [3.63, 3.8) is 0 Å². The van der Waals surface area contributed by atoms with Crippen LogP contribution in [0.5, 0.6) is 0 Å². The number of hydrogen-bond acceptors (Lipinski definition) is 1. The van der Waals surface area contributed by atoms with Gasteiger partial charge in [0.25, 0.3) is 0 Å². The summed E-state index contributed by atoms with van der Waals surface area (Å²) in [5.74, 6) is 2.97. The predicted molar refractivity (Wildman–Crippen MR) is 45.9 cm³/mol. The highest BCUT2D eigenvalue weighted by molar-refractivity contribution is 5.75. The van der Waals surface area contributed by atoms with Crippen molar-refractivity contribution in [1.29, 1.82) is 0 Å². The van der Waals surface area contributed by atoms with Gasteiger partial charge < -0.3 is 5.32 Å². The highest BCUT2D eigenvalue weighted by atomic mass is 16.1. The lowest BCUT2D eigenvalue weighted by Gasteiger charge is -2.04. The highest BCUT2D eigenvalue weighted by Crippen LogP contribution is 1.97. The molecule has 0 saturated heterocycles. The Hall–Kier alpha value is -0.970. The van der Waals surface area contributed by atoms with Crippen molar-refractivity contribution in [1.82, 2.24) is 5.32 Å². The second-order valence-electron chi connectivity index (χ2n) is 2.90. The van der Waals surface area contributed by atoms with E-state index < -0.39 is 0 Å². The van der Waals surface area contributed by atoms with Gasteiger partial charge in [0.2, 0.25) is 5.91 Å². The Morgan fingerprint density at radius 2 is 2.27 bits per heavy atom. The lowest BCUT2D eigenvalue weighted by molar-refractivity contribution is -0.121. The quantitative estimate of drug-likeness (QED) is 0.477. The standard InChI is InChI=1S/C9H15NO/c1-4-5-6-10-9(11)7-8(2)3/h1,8H,5-7H2,2-3H3,(H,10,11). The molecule has 0 aromatic rings. The van der Waals surface area contributed by atoms with Crippen LogP contribution in [0.15, 0.2) is 0 Å². The second kappa shape index (κ2) is 5.79. The Morgan fingerprint density at radius 3 is 2.73 bits per heavy atom. The van der Waals surface area contributed by atoms with Crippen LogP contribution < -0.4 is 5.32 Å². The van der Waals surface area contributed by atoms with Gasteiger partial charge in [0.15, 0.2) is 0 Å². The number of nitrogens with one attached hydrogen (secondary N) is 1. The molecule has 0 aliphatic heterocycles. The van der Waals surface area contributed by atoms with Crippen LogP contribution in [-0.4, -0.2) is 12.5 Å². The van der Waals surface area contributed by atoms with E-state index in [1.54, 1.807) is 0 Å². The van der Waals surface area contributed by atoms with Crippen molar-refractivity contribution in [3.05, 3.63) is 0 Å². The normalized spacial score (nSPS) is 9.27. The summed E-state index contributed by atoms with van der Waals surface area (Å²) in [6, 6.07) is 0. The fraction of sp³-hybridized carbons (Fsp3) is 0.667. The van der Waals surface area contributed by atoms with Gasteiger partial charge in [-0.2, -0.15) is 0 Å². The van der Waals surface area contributed by atoms with Crippen LogP contribution in [0.2, 0.25) is 0 Å². The van der Waals surface area contributed by atoms with E-state index in [2.05, 4.69) is 11.2 Å². The first-order chi connectivity index (χ1) is 5.16. The molecule has 11 heavy (non-hydrogen) atoms. The summed E-state index contributed by atoms with van der Waals surface area (Å²) < 4.78 is 0. The molecule has 0 aliphatic rings. The zero-order valence-electron chi connectivity index (χ0n) is 7.18. The molecule has 2 heteroatoms. The average Bonchev–Trinajstić information content (AvgIpc) is 1.86. The largest absolute Gasteiger partial charge is 0.355 e. The summed E-state index contributed by atoms with van der Waals surface area (Å²) in [4.78, 5) is 10.9. The molecular formula is C9H15NO. The summed E-state index contributed by atoms with van der Waals surface area (Å²) in [5.41, 5.74) is 0. The minimum absolute atomic E-state index is 0.0928. The van der Waals surface area contributed by atoms with Crippen molar-refractivity contribution >= 4 is 5.91 Å². The number of rotatable bonds is 4. The molecule has 1 amide bonds. The van der Waals surface area contributed by atoms with E-state index in [0.29, 0.717) is 25.3 Å². The molecule has 0 unspecified atom stereocenters. The average molecular weight is 153 g/mol. The molecule has 0 aromatic heterocycles. The number of hydrogen-bond donors (Lipinski definition) is 1. The first kappa shape index (κ1) is 10.0. The Bertz CT molecular complexity index is 155. The van der Waals surface area contributed by atoms with Crippen LogP contribution >= 0.6 is 0 Å². The van der Waals surface area contributed by atoms with Crippen molar-refractivity contribution in [2.45, 2.75) is 26.7 Å². The van der Waals surface area contributed by atoms with Gasteiger partial charge in [-0.1, -0.05) is 13.8 Å². The van der Waals surface area contributed by atoms with Gasteiger partial charge in [-0.15, -0.1) is 12.3 Å². The summed E-state index contributed by atoms with van der Waals surface area (Å²) in [6.07, 6.45) is 6.22. The fourth-order valence-corrected chi connectivity index (χ4v) is 0.717. The molecule has 62 valence electrons. The molecule has 0 rings (SSSR count). The molecule has 0 fully saturated rings. The maximum atomic E-state index is 10.9. The van der Waals surface area contributed by atoms with Crippen molar-refractivity contribution in [2.24, 2.45) is 5.92 Å². The van der Waals surface area contributed by atoms with Gasteiger partial charge >= 0.3 is 0 Å². The van der Waals surface area contributed by atoms with Crippen LogP contribution in [0.3, 0.4) is 0 Å². The van der Waals surface area contributed by atoms with Gasteiger partial charge in [0.05, 0.1) is 0 Å². The smallest absolute Gasteiger partial charge is 0.220 e. The summed E-state index contributed by atoms with van der Waals surface area (Å²) in [5, 5.41) is 2.73. The number of carbonyl (C=O) groups excluding carboxylic acids is 1. The first-order valence-corrected chi connectivity index (χ1v) is 3.87. The van der Waals surface area contributed by atoms with E-state index in [4.69, 9.17) is 6.42 Å². The topological polar surface area (TPSA) is 29.1 Å². The van der Waals surface area contributed by atoms with E-state index in [1.165, 1.54) is 0 Å². The third kappa shape index (κ3) is 6.92. The molecule has 2 nitrogen and oxygen atoms in total. The van der Waals surface area contributed by atoms with Crippen LogP contribution in [0, 0.1) is 18.3 Å². The lowest BCUT2D eigenvalue weighted by atomic mass is 10.1. The van der Waals surface area contributed by atoms with Gasteiger partial charge in [0, 0.05) is 19.4 Å². The second-order valence-corrected chi connectivity index (χ2v) is 2.90. The third-order valence-electron chi connectivity index (χ3n) is 1.19. The van der Waals surface area contributed by atoms with Gasteiger partial charge in [-0.25, -0.2) is 0 Å². The molecule has 0 spiro atoms. The van der Waals surface area contributed by atoms with Gasteiger partial charge in [0.1, 0.15) is 0 Å². The minimum Gasteiger partial charge on any atom is -0.355 e. The molecule has 0 aliphatic carbocycles. The van der Waals surface area contributed by atoms with Crippen LogP contribution in [-0.2, 0) is 4.79 Å². The Kier molecular flexibility index (Phi) is 5.28. The van der Waals surface area contributed by atoms with E-state index >= 15 is 0 Å². The maximum absolute atomic E-state index is 10.9. The molecule has 0 heterocycles. The van der Waals surface area contributed by atoms with Crippen LogP contribution in [0.4, 0.5) is 0 Å². The molecule has 0 bridgehead atoms. The fourth-order valence-electron chi connectivity index (χ4n) is 0.717. The Balaban J connectivity index is 3.32. The molecule has 0 saturated carbocycles. The number of terminal acetylenes is 1. The van der Waals surface area contributed by atoms with Crippen molar-refractivity contribution in [3.8, 4) is 12.3 Å². The minimum atomic E-state index is 0.0928. The molecular weight excluding hydrogens is 138 g/mol. The van der Waals surface area contributed by atoms with E-state index in [9.17, 15) is 4.79 Å². The van der Waals surface area contributed by atoms with E-state index in [1.807, 2.05) is 13.8 Å². The van der Waals surface area contributed by atoms with E-state index in [-0.39, 0.29) is 5.91 Å². The van der Waals surface area contributed by atoms with E-state index in [0.717, 1.165) is 0 Å². The number of carbonyl (C=O) groups is 1. The summed E-state index contributed by atoms with van der Waals surface area (Å²) in [6.45, 7) is 4.63.